The highest BCUT2D eigenvalue weighted by Crippen LogP contribution is 2.38. The Balaban J connectivity index is 1.64. The summed E-state index contributed by atoms with van der Waals surface area (Å²) in [5.74, 6) is 0.167. The average molecular weight is 492 g/mol. The predicted octanol–water partition coefficient (Wildman–Crippen LogP) is 4.44. The molecule has 3 N–H and O–H groups in total. The number of benzene rings is 1. The van der Waals surface area contributed by atoms with Crippen molar-refractivity contribution < 1.29 is 21.6 Å². The van der Waals surface area contributed by atoms with E-state index in [-0.39, 0.29) is 28.1 Å². The highest BCUT2D eigenvalue weighted by Gasteiger charge is 2.35. The Morgan fingerprint density at radius 1 is 1.00 bits per heavy atom. The van der Waals surface area contributed by atoms with E-state index in [1.165, 1.54) is 12.1 Å². The Bertz CT molecular complexity index is 1280. The molecule has 180 valence electrons. The molecule has 0 amide bonds. The third-order valence-electron chi connectivity index (χ3n) is 5.49. The third-order valence-corrected chi connectivity index (χ3v) is 6.74. The Morgan fingerprint density at radius 2 is 1.79 bits per heavy atom. The van der Waals surface area contributed by atoms with Crippen LogP contribution < -0.4 is 15.4 Å². The standard InChI is InChI=1S/C23H24F3N5O2S/c1-15-6-2-3-8-17(15)22-18(23(24,25)26)11-12-20(30-22)31-34(32,33)21-10-4-9-19(29-21)28-16-7-5-13-27-14-16/h2-4,6,8-12,16,27H,5,7,13-14H2,1H3,(H,28,29)(H,30,31)/t16-/m1/s1. The van der Waals surface area contributed by atoms with E-state index < -0.39 is 21.8 Å². The van der Waals surface area contributed by atoms with E-state index in [1.807, 2.05) is 0 Å². The van der Waals surface area contributed by atoms with Crippen LogP contribution in [0, 0.1) is 6.92 Å². The van der Waals surface area contributed by atoms with Gasteiger partial charge in [-0.3, -0.25) is 4.72 Å². The molecule has 2 aromatic heterocycles. The number of piperidine rings is 1. The summed E-state index contributed by atoms with van der Waals surface area (Å²) >= 11 is 0. The number of aryl methyl sites for hydroxylation is 1. The van der Waals surface area contributed by atoms with Crippen LogP contribution in [0.2, 0.25) is 0 Å². The second kappa shape index (κ2) is 9.59. The van der Waals surface area contributed by atoms with Crippen LogP contribution in [0.25, 0.3) is 11.3 Å². The van der Waals surface area contributed by atoms with E-state index in [0.717, 1.165) is 38.1 Å². The summed E-state index contributed by atoms with van der Waals surface area (Å²) in [5, 5.41) is 6.21. The molecular weight excluding hydrogens is 467 g/mol. The lowest BCUT2D eigenvalue weighted by Gasteiger charge is -2.24. The topological polar surface area (TPSA) is 96.0 Å². The summed E-state index contributed by atoms with van der Waals surface area (Å²) in [5.41, 5.74) is -0.450. The molecule has 11 heteroatoms. The van der Waals surface area contributed by atoms with E-state index in [0.29, 0.717) is 11.4 Å². The molecule has 3 heterocycles. The predicted molar refractivity (Wildman–Crippen MR) is 124 cm³/mol. The molecule has 0 spiro atoms. The summed E-state index contributed by atoms with van der Waals surface area (Å²) in [7, 11) is -4.19. The van der Waals surface area contributed by atoms with Crippen molar-refractivity contribution in [3.63, 3.8) is 0 Å². The van der Waals surface area contributed by atoms with Crippen LogP contribution in [-0.4, -0.2) is 37.5 Å². The van der Waals surface area contributed by atoms with Gasteiger partial charge < -0.3 is 10.6 Å². The van der Waals surface area contributed by atoms with Crippen molar-refractivity contribution in [1.29, 1.82) is 0 Å². The summed E-state index contributed by atoms with van der Waals surface area (Å²) in [4.78, 5) is 8.22. The highest BCUT2D eigenvalue weighted by atomic mass is 32.2. The number of nitrogens with one attached hydrogen (secondary N) is 3. The molecule has 1 atom stereocenters. The van der Waals surface area contributed by atoms with Gasteiger partial charge in [-0.05, 0) is 56.1 Å². The molecule has 1 aromatic carbocycles. The van der Waals surface area contributed by atoms with E-state index >= 15 is 0 Å². The first-order valence-electron chi connectivity index (χ1n) is 10.7. The number of hydrogen-bond donors (Lipinski definition) is 3. The van der Waals surface area contributed by atoms with Gasteiger partial charge in [-0.25, -0.2) is 9.97 Å². The van der Waals surface area contributed by atoms with E-state index in [2.05, 4.69) is 25.3 Å². The lowest BCUT2D eigenvalue weighted by Crippen LogP contribution is -2.38. The number of alkyl halides is 3. The second-order valence-electron chi connectivity index (χ2n) is 8.06. The number of anilines is 2. The van der Waals surface area contributed by atoms with E-state index in [1.54, 1.807) is 37.3 Å². The number of halogens is 3. The van der Waals surface area contributed by atoms with E-state index in [9.17, 15) is 21.6 Å². The van der Waals surface area contributed by atoms with Crippen molar-refractivity contribution in [1.82, 2.24) is 15.3 Å². The fourth-order valence-electron chi connectivity index (χ4n) is 3.81. The largest absolute Gasteiger partial charge is 0.418 e. The molecule has 34 heavy (non-hydrogen) atoms. The van der Waals surface area contributed by atoms with Crippen LogP contribution in [0.15, 0.2) is 59.6 Å². The minimum atomic E-state index is -4.66. The first-order valence-corrected chi connectivity index (χ1v) is 12.2. The van der Waals surface area contributed by atoms with Crippen LogP contribution in [0.5, 0.6) is 0 Å². The molecule has 0 unspecified atom stereocenters. The quantitative estimate of drug-likeness (QED) is 0.472. The van der Waals surface area contributed by atoms with Gasteiger partial charge >= 0.3 is 6.18 Å². The van der Waals surface area contributed by atoms with Gasteiger partial charge in [-0.2, -0.15) is 21.6 Å². The summed E-state index contributed by atoms with van der Waals surface area (Å²) in [6, 6.07) is 13.0. The zero-order valence-electron chi connectivity index (χ0n) is 18.4. The number of rotatable bonds is 6. The monoisotopic (exact) mass is 491 g/mol. The zero-order valence-corrected chi connectivity index (χ0v) is 19.2. The first kappa shape index (κ1) is 24.0. The van der Waals surface area contributed by atoms with Gasteiger partial charge in [-0.15, -0.1) is 0 Å². The summed E-state index contributed by atoms with van der Waals surface area (Å²) < 4.78 is 69.1. The second-order valence-corrected chi connectivity index (χ2v) is 9.69. The highest BCUT2D eigenvalue weighted by molar-refractivity contribution is 7.92. The molecule has 0 bridgehead atoms. The SMILES string of the molecule is Cc1ccccc1-c1nc(NS(=O)(=O)c2cccc(N[C@@H]3CCCNC3)n2)ccc1C(F)(F)F. The number of nitrogens with zero attached hydrogens (tertiary/aromatic N) is 2. The average Bonchev–Trinajstić information content (AvgIpc) is 2.79. The molecule has 4 rings (SSSR count). The van der Waals surface area contributed by atoms with Crippen molar-refractivity contribution in [3.05, 3.63) is 65.7 Å². The molecule has 1 fully saturated rings. The van der Waals surface area contributed by atoms with Gasteiger partial charge in [0.1, 0.15) is 11.6 Å². The molecule has 0 aliphatic carbocycles. The normalized spacial score (nSPS) is 16.8. The lowest BCUT2D eigenvalue weighted by molar-refractivity contribution is -0.137. The van der Waals surface area contributed by atoms with Crippen molar-refractivity contribution >= 4 is 21.7 Å². The van der Waals surface area contributed by atoms with Gasteiger partial charge in [-0.1, -0.05) is 30.3 Å². The van der Waals surface area contributed by atoms with Crippen LogP contribution in [0.3, 0.4) is 0 Å². The van der Waals surface area contributed by atoms with Crippen molar-refractivity contribution in [3.8, 4) is 11.3 Å². The van der Waals surface area contributed by atoms with Crippen molar-refractivity contribution in [2.24, 2.45) is 0 Å². The van der Waals surface area contributed by atoms with Crippen molar-refractivity contribution in [2.75, 3.05) is 23.1 Å². The van der Waals surface area contributed by atoms with Gasteiger partial charge in [0.05, 0.1) is 11.3 Å². The number of pyridine rings is 2. The fraction of sp³-hybridized carbons (Fsp3) is 0.304. The molecule has 1 saturated heterocycles. The minimum Gasteiger partial charge on any atom is -0.366 e. The summed E-state index contributed by atoms with van der Waals surface area (Å²) in [6.45, 7) is 3.35. The summed E-state index contributed by atoms with van der Waals surface area (Å²) in [6.07, 6.45) is -2.72. The maximum atomic E-state index is 13.6. The molecule has 3 aromatic rings. The fourth-order valence-corrected chi connectivity index (χ4v) is 4.78. The maximum Gasteiger partial charge on any atom is 0.418 e. The van der Waals surface area contributed by atoms with E-state index in [4.69, 9.17) is 0 Å². The van der Waals surface area contributed by atoms with Gasteiger partial charge in [0, 0.05) is 18.2 Å². The molecular formula is C23H24F3N5O2S. The first-order chi connectivity index (χ1) is 16.1. The van der Waals surface area contributed by atoms with Crippen LogP contribution in [0.1, 0.15) is 24.0 Å². The smallest absolute Gasteiger partial charge is 0.366 e. The molecule has 0 saturated carbocycles. The van der Waals surface area contributed by atoms with Gasteiger partial charge in [0.15, 0.2) is 5.03 Å². The lowest BCUT2D eigenvalue weighted by atomic mass is 10.0. The maximum absolute atomic E-state index is 13.6. The Hall–Kier alpha value is -3.18. The Labute approximate surface area is 195 Å². The van der Waals surface area contributed by atoms with Crippen LogP contribution >= 0.6 is 0 Å². The number of hydrogen-bond acceptors (Lipinski definition) is 6. The van der Waals surface area contributed by atoms with Crippen LogP contribution in [-0.2, 0) is 16.2 Å². The molecule has 1 aliphatic heterocycles. The van der Waals surface area contributed by atoms with Crippen molar-refractivity contribution in [2.45, 2.75) is 37.0 Å². The van der Waals surface area contributed by atoms with Gasteiger partial charge in [0.2, 0.25) is 0 Å². The number of aromatic nitrogens is 2. The Kier molecular flexibility index (Phi) is 6.76. The molecule has 1 aliphatic rings. The minimum absolute atomic E-state index is 0.125. The van der Waals surface area contributed by atoms with Gasteiger partial charge in [0.25, 0.3) is 10.0 Å². The molecule has 7 nitrogen and oxygen atoms in total. The molecule has 0 radical (unpaired) electrons. The number of sulfonamides is 1. The Morgan fingerprint density at radius 3 is 2.50 bits per heavy atom. The van der Waals surface area contributed by atoms with Crippen LogP contribution in [0.4, 0.5) is 24.8 Å². The zero-order chi connectivity index (χ0) is 24.3. The third kappa shape index (κ3) is 5.48.